The average molecular weight is 407 g/mol. The van der Waals surface area contributed by atoms with Crippen LogP contribution in [0.3, 0.4) is 0 Å². The molecule has 0 aliphatic carbocycles. The second kappa shape index (κ2) is 8.49. The minimum Gasteiger partial charge on any atom is -0.452 e. The van der Waals surface area contributed by atoms with E-state index in [0.717, 1.165) is 24.0 Å². The summed E-state index contributed by atoms with van der Waals surface area (Å²) in [5, 5.41) is 4.53. The van der Waals surface area contributed by atoms with Gasteiger partial charge in [0, 0.05) is 24.8 Å². The fourth-order valence-corrected chi connectivity index (χ4v) is 3.44. The quantitative estimate of drug-likeness (QED) is 0.604. The van der Waals surface area contributed by atoms with E-state index in [4.69, 9.17) is 4.74 Å². The van der Waals surface area contributed by atoms with E-state index in [0.29, 0.717) is 24.5 Å². The van der Waals surface area contributed by atoms with Crippen LogP contribution in [-0.2, 0) is 9.53 Å². The van der Waals surface area contributed by atoms with Gasteiger partial charge in [0.05, 0.1) is 5.69 Å². The first-order valence-electron chi connectivity index (χ1n) is 9.89. The van der Waals surface area contributed by atoms with Crippen molar-refractivity contribution in [3.63, 3.8) is 0 Å². The van der Waals surface area contributed by atoms with Crippen molar-refractivity contribution in [2.75, 3.05) is 19.7 Å². The third-order valence-electron chi connectivity index (χ3n) is 5.14. The van der Waals surface area contributed by atoms with Gasteiger partial charge in [-0.3, -0.25) is 4.79 Å². The number of esters is 1. The highest BCUT2D eigenvalue weighted by atomic mass is 19.1. The summed E-state index contributed by atoms with van der Waals surface area (Å²) < 4.78 is 20.1. The Kier molecular flexibility index (Phi) is 5.61. The van der Waals surface area contributed by atoms with E-state index in [-0.39, 0.29) is 23.9 Å². The van der Waals surface area contributed by atoms with E-state index in [1.807, 2.05) is 31.2 Å². The number of nitrogens with zero attached hydrogens (tertiary/aromatic N) is 3. The number of benzene rings is 2. The minimum absolute atomic E-state index is 0.191. The van der Waals surface area contributed by atoms with Crippen LogP contribution in [0.5, 0.6) is 0 Å². The average Bonchev–Trinajstić information content (AvgIpc) is 3.43. The molecule has 4 rings (SSSR count). The molecule has 1 amide bonds. The number of carbonyl (C=O) groups is 2. The van der Waals surface area contributed by atoms with Crippen molar-refractivity contribution in [2.24, 2.45) is 0 Å². The minimum atomic E-state index is -0.619. The number of rotatable bonds is 5. The van der Waals surface area contributed by atoms with Crippen molar-refractivity contribution < 1.29 is 18.7 Å². The Labute approximate surface area is 173 Å². The summed E-state index contributed by atoms with van der Waals surface area (Å²) in [4.78, 5) is 26.7. The third kappa shape index (κ3) is 4.25. The Bertz CT molecular complexity index is 1050. The number of ether oxygens (including phenoxy) is 1. The first-order valence-corrected chi connectivity index (χ1v) is 9.89. The Balaban J connectivity index is 1.62. The van der Waals surface area contributed by atoms with Gasteiger partial charge in [0.15, 0.2) is 6.61 Å². The predicted octanol–water partition coefficient (Wildman–Crippen LogP) is 3.77. The molecule has 3 aromatic rings. The standard InChI is InChI=1S/C23H22FN3O3/c1-16-4-6-17(7-5-16)22-20(14-27(25-22)19-10-8-18(24)9-11-19)23(29)30-15-21(28)26-12-2-3-13-26/h4-11,14H,2-3,12-13,15H2,1H3. The van der Waals surface area contributed by atoms with Crippen LogP contribution in [0.1, 0.15) is 28.8 Å². The van der Waals surface area contributed by atoms with Crippen molar-refractivity contribution in [3.8, 4) is 16.9 Å². The van der Waals surface area contributed by atoms with Gasteiger partial charge in [-0.1, -0.05) is 29.8 Å². The van der Waals surface area contributed by atoms with E-state index < -0.39 is 5.97 Å². The molecule has 1 aliphatic heterocycles. The van der Waals surface area contributed by atoms with E-state index in [9.17, 15) is 14.0 Å². The molecule has 0 spiro atoms. The van der Waals surface area contributed by atoms with Gasteiger partial charge >= 0.3 is 5.97 Å². The van der Waals surface area contributed by atoms with Crippen LogP contribution < -0.4 is 0 Å². The molecule has 0 bridgehead atoms. The first kappa shape index (κ1) is 19.8. The molecule has 1 saturated heterocycles. The largest absolute Gasteiger partial charge is 0.452 e. The van der Waals surface area contributed by atoms with Crippen LogP contribution in [0.15, 0.2) is 54.7 Å². The lowest BCUT2D eigenvalue weighted by Crippen LogP contribution is -2.32. The zero-order chi connectivity index (χ0) is 21.1. The summed E-state index contributed by atoms with van der Waals surface area (Å²) in [6.45, 7) is 3.08. The van der Waals surface area contributed by atoms with Crippen molar-refractivity contribution in [1.82, 2.24) is 14.7 Å². The normalized spacial score (nSPS) is 13.5. The molecule has 1 fully saturated rings. The van der Waals surface area contributed by atoms with Gasteiger partial charge in [-0.25, -0.2) is 13.9 Å². The van der Waals surface area contributed by atoms with Gasteiger partial charge in [-0.15, -0.1) is 0 Å². The number of halogens is 1. The summed E-state index contributed by atoms with van der Waals surface area (Å²) in [6.07, 6.45) is 3.49. The van der Waals surface area contributed by atoms with Gasteiger partial charge in [0.25, 0.3) is 5.91 Å². The molecular weight excluding hydrogens is 385 g/mol. The number of hydrogen-bond donors (Lipinski definition) is 0. The molecule has 0 radical (unpaired) electrons. The summed E-state index contributed by atoms with van der Waals surface area (Å²) in [7, 11) is 0. The number of aryl methyl sites for hydroxylation is 1. The molecule has 0 atom stereocenters. The maximum absolute atomic E-state index is 13.3. The Hall–Kier alpha value is -3.48. The summed E-state index contributed by atoms with van der Waals surface area (Å²) in [5.74, 6) is -1.17. The first-order chi connectivity index (χ1) is 14.5. The lowest BCUT2D eigenvalue weighted by Gasteiger charge is -2.14. The van der Waals surface area contributed by atoms with Gasteiger partial charge in [0.1, 0.15) is 17.1 Å². The van der Waals surface area contributed by atoms with E-state index in [1.165, 1.54) is 16.8 Å². The van der Waals surface area contributed by atoms with E-state index >= 15 is 0 Å². The van der Waals surface area contributed by atoms with Gasteiger partial charge in [-0.2, -0.15) is 5.10 Å². The fourth-order valence-electron chi connectivity index (χ4n) is 3.44. The van der Waals surface area contributed by atoms with Crippen molar-refractivity contribution in [3.05, 3.63) is 71.7 Å². The molecule has 6 nitrogen and oxygen atoms in total. The summed E-state index contributed by atoms with van der Waals surface area (Å²) in [5.41, 5.74) is 3.13. The SMILES string of the molecule is Cc1ccc(-c2nn(-c3ccc(F)cc3)cc2C(=O)OCC(=O)N2CCCC2)cc1. The molecule has 7 heteroatoms. The topological polar surface area (TPSA) is 64.4 Å². The van der Waals surface area contributed by atoms with Gasteiger partial charge in [-0.05, 0) is 44.0 Å². The van der Waals surface area contributed by atoms with Crippen molar-refractivity contribution in [2.45, 2.75) is 19.8 Å². The van der Waals surface area contributed by atoms with Crippen LogP contribution >= 0.6 is 0 Å². The highest BCUT2D eigenvalue weighted by Gasteiger charge is 2.23. The summed E-state index contributed by atoms with van der Waals surface area (Å²) in [6, 6.07) is 13.4. The molecule has 30 heavy (non-hydrogen) atoms. The molecule has 154 valence electrons. The van der Waals surface area contributed by atoms with Gasteiger partial charge < -0.3 is 9.64 Å². The molecular formula is C23H22FN3O3. The Morgan fingerprint density at radius 3 is 2.37 bits per heavy atom. The molecule has 2 heterocycles. The molecule has 0 saturated carbocycles. The second-order valence-electron chi connectivity index (χ2n) is 7.34. The van der Waals surface area contributed by atoms with Crippen LogP contribution in [0.4, 0.5) is 4.39 Å². The van der Waals surface area contributed by atoms with Crippen molar-refractivity contribution >= 4 is 11.9 Å². The Morgan fingerprint density at radius 2 is 1.70 bits per heavy atom. The lowest BCUT2D eigenvalue weighted by atomic mass is 10.1. The highest BCUT2D eigenvalue weighted by Crippen LogP contribution is 2.25. The predicted molar refractivity (Wildman–Crippen MR) is 110 cm³/mol. The zero-order valence-corrected chi connectivity index (χ0v) is 16.7. The van der Waals surface area contributed by atoms with Crippen LogP contribution in [0, 0.1) is 12.7 Å². The van der Waals surface area contributed by atoms with E-state index in [1.54, 1.807) is 23.2 Å². The number of aromatic nitrogens is 2. The lowest BCUT2D eigenvalue weighted by molar-refractivity contribution is -0.133. The second-order valence-corrected chi connectivity index (χ2v) is 7.34. The summed E-state index contributed by atoms with van der Waals surface area (Å²) >= 11 is 0. The van der Waals surface area contributed by atoms with E-state index in [2.05, 4.69) is 5.10 Å². The fraction of sp³-hybridized carbons (Fsp3) is 0.261. The molecule has 0 unspecified atom stereocenters. The number of likely N-dealkylation sites (tertiary alicyclic amines) is 1. The molecule has 0 N–H and O–H groups in total. The van der Waals surface area contributed by atoms with Crippen molar-refractivity contribution in [1.29, 1.82) is 0 Å². The monoisotopic (exact) mass is 407 g/mol. The Morgan fingerprint density at radius 1 is 1.03 bits per heavy atom. The molecule has 2 aromatic carbocycles. The zero-order valence-electron chi connectivity index (χ0n) is 16.7. The highest BCUT2D eigenvalue weighted by molar-refractivity contribution is 5.97. The van der Waals surface area contributed by atoms with Crippen LogP contribution in [0.25, 0.3) is 16.9 Å². The number of hydrogen-bond acceptors (Lipinski definition) is 4. The molecule has 1 aromatic heterocycles. The van der Waals surface area contributed by atoms with Gasteiger partial charge in [0.2, 0.25) is 0 Å². The number of amides is 1. The van der Waals surface area contributed by atoms with Crippen LogP contribution in [0.2, 0.25) is 0 Å². The maximum Gasteiger partial charge on any atom is 0.342 e. The maximum atomic E-state index is 13.3. The smallest absolute Gasteiger partial charge is 0.342 e. The third-order valence-corrected chi connectivity index (χ3v) is 5.14. The molecule has 1 aliphatic rings. The number of carbonyl (C=O) groups excluding carboxylic acids is 2. The van der Waals surface area contributed by atoms with Crippen LogP contribution in [-0.4, -0.2) is 46.3 Å².